The molecule has 0 bridgehead atoms. The van der Waals surface area contributed by atoms with Gasteiger partial charge in [-0.2, -0.15) is 0 Å². The summed E-state index contributed by atoms with van der Waals surface area (Å²) in [5.74, 6) is 0.948. The second-order valence-electron chi connectivity index (χ2n) is 5.91. The first-order chi connectivity index (χ1) is 11.6. The van der Waals surface area contributed by atoms with Crippen LogP contribution in [0.25, 0.3) is 0 Å². The van der Waals surface area contributed by atoms with Gasteiger partial charge >= 0.3 is 0 Å². The highest BCUT2D eigenvalue weighted by molar-refractivity contribution is 5.91. The van der Waals surface area contributed by atoms with Crippen LogP contribution in [0.15, 0.2) is 48.5 Å². The highest BCUT2D eigenvalue weighted by Crippen LogP contribution is 2.21. The van der Waals surface area contributed by atoms with E-state index >= 15 is 0 Å². The van der Waals surface area contributed by atoms with Crippen molar-refractivity contribution in [3.63, 3.8) is 0 Å². The molecule has 1 amide bonds. The summed E-state index contributed by atoms with van der Waals surface area (Å²) in [5.41, 5.74) is 8.67. The van der Waals surface area contributed by atoms with E-state index in [1.165, 1.54) is 11.1 Å². The topological polar surface area (TPSA) is 64.3 Å². The van der Waals surface area contributed by atoms with E-state index in [0.717, 1.165) is 17.9 Å². The van der Waals surface area contributed by atoms with Gasteiger partial charge in [-0.1, -0.05) is 38.1 Å². The second kappa shape index (κ2) is 9.08. The van der Waals surface area contributed by atoms with E-state index in [0.29, 0.717) is 19.6 Å². The standard InChI is InChI=1S/C20H26N2O2/c1-3-16-4-6-17(7-5-16)15(2)14-20(23)22-18-8-10-19(11-9-18)24-13-12-21/h4-11,15H,3,12-14,21H2,1-2H3,(H,22,23). The largest absolute Gasteiger partial charge is 0.492 e. The summed E-state index contributed by atoms with van der Waals surface area (Å²) >= 11 is 0. The lowest BCUT2D eigenvalue weighted by Crippen LogP contribution is -2.14. The molecular formula is C20H26N2O2. The molecule has 4 heteroatoms. The SMILES string of the molecule is CCc1ccc(C(C)CC(=O)Nc2ccc(OCCN)cc2)cc1. The van der Waals surface area contributed by atoms with Gasteiger partial charge in [0.05, 0.1) is 0 Å². The summed E-state index contributed by atoms with van der Waals surface area (Å²) in [4.78, 5) is 12.2. The van der Waals surface area contributed by atoms with Gasteiger partial charge in [0.1, 0.15) is 12.4 Å². The minimum atomic E-state index is 0.0118. The normalized spacial score (nSPS) is 11.8. The van der Waals surface area contributed by atoms with E-state index in [1.54, 1.807) is 0 Å². The van der Waals surface area contributed by atoms with Gasteiger partial charge in [0.2, 0.25) is 5.91 Å². The van der Waals surface area contributed by atoms with Gasteiger partial charge in [0, 0.05) is 18.7 Å². The van der Waals surface area contributed by atoms with Gasteiger partial charge in [0.15, 0.2) is 0 Å². The molecule has 3 N–H and O–H groups in total. The molecule has 0 aliphatic rings. The fraction of sp³-hybridized carbons (Fsp3) is 0.350. The van der Waals surface area contributed by atoms with Crippen LogP contribution in [0, 0.1) is 0 Å². The number of rotatable bonds is 8. The van der Waals surface area contributed by atoms with Crippen molar-refractivity contribution in [1.29, 1.82) is 0 Å². The molecular weight excluding hydrogens is 300 g/mol. The number of aryl methyl sites for hydroxylation is 1. The Balaban J connectivity index is 1.87. The second-order valence-corrected chi connectivity index (χ2v) is 5.91. The van der Waals surface area contributed by atoms with Gasteiger partial charge < -0.3 is 15.8 Å². The molecule has 0 aromatic heterocycles. The Labute approximate surface area is 144 Å². The van der Waals surface area contributed by atoms with Crippen LogP contribution in [0.3, 0.4) is 0 Å². The summed E-state index contributed by atoms with van der Waals surface area (Å²) in [7, 11) is 0. The van der Waals surface area contributed by atoms with Gasteiger partial charge in [0.25, 0.3) is 0 Å². The molecule has 4 nitrogen and oxygen atoms in total. The molecule has 0 fully saturated rings. The smallest absolute Gasteiger partial charge is 0.224 e. The van der Waals surface area contributed by atoms with Crippen LogP contribution in [0.4, 0.5) is 5.69 Å². The molecule has 0 radical (unpaired) electrons. The third-order valence-corrected chi connectivity index (χ3v) is 3.97. The third-order valence-electron chi connectivity index (χ3n) is 3.97. The number of nitrogens with two attached hydrogens (primary N) is 1. The summed E-state index contributed by atoms with van der Waals surface area (Å²) < 4.78 is 5.42. The predicted octanol–water partition coefficient (Wildman–Crippen LogP) is 3.72. The van der Waals surface area contributed by atoms with Crippen LogP contribution in [-0.2, 0) is 11.2 Å². The van der Waals surface area contributed by atoms with Crippen molar-refractivity contribution in [1.82, 2.24) is 0 Å². The molecule has 2 aromatic carbocycles. The molecule has 2 aromatic rings. The van der Waals surface area contributed by atoms with Gasteiger partial charge in [-0.15, -0.1) is 0 Å². The van der Waals surface area contributed by atoms with Crippen LogP contribution in [0.2, 0.25) is 0 Å². The van der Waals surface area contributed by atoms with Gasteiger partial charge in [-0.25, -0.2) is 0 Å². The Hall–Kier alpha value is -2.33. The lowest BCUT2D eigenvalue weighted by molar-refractivity contribution is -0.116. The van der Waals surface area contributed by atoms with Gasteiger partial charge in [-0.05, 0) is 47.7 Å². The number of carbonyl (C=O) groups excluding carboxylic acids is 1. The van der Waals surface area contributed by atoms with Crippen molar-refractivity contribution in [2.24, 2.45) is 5.73 Å². The quantitative estimate of drug-likeness (QED) is 0.777. The minimum Gasteiger partial charge on any atom is -0.492 e. The number of hydrogen-bond donors (Lipinski definition) is 2. The zero-order valence-corrected chi connectivity index (χ0v) is 14.4. The molecule has 0 heterocycles. The molecule has 1 atom stereocenters. The molecule has 2 rings (SSSR count). The molecule has 0 spiro atoms. The summed E-state index contributed by atoms with van der Waals surface area (Å²) in [6.45, 7) is 5.18. The fourth-order valence-electron chi connectivity index (χ4n) is 2.50. The maximum absolute atomic E-state index is 12.2. The first-order valence-electron chi connectivity index (χ1n) is 8.44. The Bertz CT molecular complexity index is 636. The number of amides is 1. The fourth-order valence-corrected chi connectivity index (χ4v) is 2.50. The number of nitrogens with one attached hydrogen (secondary N) is 1. The van der Waals surface area contributed by atoms with Crippen molar-refractivity contribution < 1.29 is 9.53 Å². The Morgan fingerprint density at radius 3 is 2.38 bits per heavy atom. The first kappa shape index (κ1) is 18.0. The summed E-state index contributed by atoms with van der Waals surface area (Å²) in [6, 6.07) is 15.8. The molecule has 0 aliphatic carbocycles. The molecule has 24 heavy (non-hydrogen) atoms. The van der Waals surface area contributed by atoms with E-state index in [2.05, 4.69) is 43.4 Å². The predicted molar refractivity (Wildman–Crippen MR) is 98.5 cm³/mol. The summed E-state index contributed by atoms with van der Waals surface area (Å²) in [5, 5.41) is 2.93. The zero-order chi connectivity index (χ0) is 17.4. The van der Waals surface area contributed by atoms with E-state index in [1.807, 2.05) is 24.3 Å². The lowest BCUT2D eigenvalue weighted by atomic mass is 9.96. The van der Waals surface area contributed by atoms with E-state index in [-0.39, 0.29) is 11.8 Å². The van der Waals surface area contributed by atoms with Crippen LogP contribution < -0.4 is 15.8 Å². The molecule has 128 valence electrons. The van der Waals surface area contributed by atoms with E-state index in [9.17, 15) is 4.79 Å². The summed E-state index contributed by atoms with van der Waals surface area (Å²) in [6.07, 6.45) is 1.48. The number of benzene rings is 2. The number of carbonyl (C=O) groups is 1. The molecule has 1 unspecified atom stereocenters. The van der Waals surface area contributed by atoms with Crippen molar-refractivity contribution in [2.45, 2.75) is 32.6 Å². The molecule has 0 saturated heterocycles. The highest BCUT2D eigenvalue weighted by Gasteiger charge is 2.11. The lowest BCUT2D eigenvalue weighted by Gasteiger charge is -2.13. The number of hydrogen-bond acceptors (Lipinski definition) is 3. The monoisotopic (exact) mass is 326 g/mol. The van der Waals surface area contributed by atoms with Gasteiger partial charge in [-0.3, -0.25) is 4.79 Å². The zero-order valence-electron chi connectivity index (χ0n) is 14.4. The van der Waals surface area contributed by atoms with Crippen LogP contribution in [0.1, 0.15) is 37.3 Å². The highest BCUT2D eigenvalue weighted by atomic mass is 16.5. The third kappa shape index (κ3) is 5.39. The number of anilines is 1. The van der Waals surface area contributed by atoms with Crippen molar-refractivity contribution in [3.05, 3.63) is 59.7 Å². The Morgan fingerprint density at radius 2 is 1.79 bits per heavy atom. The maximum Gasteiger partial charge on any atom is 0.224 e. The number of ether oxygens (including phenoxy) is 1. The van der Waals surface area contributed by atoms with E-state index in [4.69, 9.17) is 10.5 Å². The maximum atomic E-state index is 12.2. The van der Waals surface area contributed by atoms with E-state index < -0.39 is 0 Å². The van der Waals surface area contributed by atoms with Crippen molar-refractivity contribution in [2.75, 3.05) is 18.5 Å². The van der Waals surface area contributed by atoms with Crippen LogP contribution >= 0.6 is 0 Å². The van der Waals surface area contributed by atoms with Crippen molar-refractivity contribution in [3.8, 4) is 5.75 Å². The molecule has 0 aliphatic heterocycles. The Kier molecular flexibility index (Phi) is 6.82. The minimum absolute atomic E-state index is 0.0118. The average molecular weight is 326 g/mol. The molecule has 0 saturated carbocycles. The van der Waals surface area contributed by atoms with Crippen LogP contribution in [0.5, 0.6) is 5.75 Å². The van der Waals surface area contributed by atoms with Crippen LogP contribution in [-0.4, -0.2) is 19.1 Å². The average Bonchev–Trinajstić information content (AvgIpc) is 2.61. The van der Waals surface area contributed by atoms with Crippen molar-refractivity contribution >= 4 is 11.6 Å². The first-order valence-corrected chi connectivity index (χ1v) is 8.44. The Morgan fingerprint density at radius 1 is 1.12 bits per heavy atom.